The number of hydrogen-bond donors (Lipinski definition) is 1. The van der Waals surface area contributed by atoms with Gasteiger partial charge in [0.15, 0.2) is 6.73 Å². The Hall–Kier alpha value is -3.56. The van der Waals surface area contributed by atoms with Crippen molar-refractivity contribution in [2.75, 3.05) is 62.4 Å². The number of ether oxygens (including phenoxy) is 2. The Morgan fingerprint density at radius 3 is 2.77 bits per heavy atom. The van der Waals surface area contributed by atoms with Crippen molar-refractivity contribution in [2.45, 2.75) is 25.7 Å². The van der Waals surface area contributed by atoms with E-state index in [0.717, 1.165) is 62.6 Å². The number of aryl methyl sites for hydroxylation is 1. The molecule has 3 heterocycles. The molecule has 0 aliphatic carbocycles. The van der Waals surface area contributed by atoms with Crippen LogP contribution in [0, 0.1) is 0 Å². The van der Waals surface area contributed by atoms with Crippen LogP contribution in [0.3, 0.4) is 0 Å². The fourth-order valence-corrected chi connectivity index (χ4v) is 5.98. The minimum Gasteiger partial charge on any atom is -0.494 e. The van der Waals surface area contributed by atoms with Gasteiger partial charge in [0, 0.05) is 61.0 Å². The van der Waals surface area contributed by atoms with Crippen LogP contribution in [0.25, 0.3) is 10.1 Å². The maximum absolute atomic E-state index is 12.5. The van der Waals surface area contributed by atoms with Crippen LogP contribution in [-0.4, -0.2) is 69.5 Å². The summed E-state index contributed by atoms with van der Waals surface area (Å²) in [6.45, 7) is 9.67. The van der Waals surface area contributed by atoms with Crippen molar-refractivity contribution < 1.29 is 19.1 Å². The van der Waals surface area contributed by atoms with E-state index in [1.54, 1.807) is 17.4 Å². The predicted molar refractivity (Wildman–Crippen MR) is 157 cm³/mol. The van der Waals surface area contributed by atoms with Crippen LogP contribution < -0.4 is 19.9 Å². The van der Waals surface area contributed by atoms with Gasteiger partial charge in [-0.25, -0.2) is 4.79 Å². The van der Waals surface area contributed by atoms with Gasteiger partial charge in [-0.3, -0.25) is 14.6 Å². The number of rotatable bonds is 11. The Balaban J connectivity index is 1.05. The van der Waals surface area contributed by atoms with Gasteiger partial charge in [-0.05, 0) is 61.0 Å². The van der Waals surface area contributed by atoms with Crippen molar-refractivity contribution in [3.05, 3.63) is 66.1 Å². The number of fused-ring (bicyclic) bond motifs is 2. The summed E-state index contributed by atoms with van der Waals surface area (Å²) in [6, 6.07) is 14.7. The molecule has 1 N–H and O–H groups in total. The number of thiophene rings is 1. The lowest BCUT2D eigenvalue weighted by Crippen LogP contribution is -2.46. The van der Waals surface area contributed by atoms with Crippen molar-refractivity contribution in [2.24, 2.45) is 0 Å². The molecule has 0 bridgehead atoms. The van der Waals surface area contributed by atoms with Crippen LogP contribution in [0.1, 0.15) is 24.8 Å². The lowest BCUT2D eigenvalue weighted by Gasteiger charge is -2.36. The maximum Gasteiger partial charge on any atom is 0.409 e. The van der Waals surface area contributed by atoms with E-state index in [1.807, 2.05) is 18.2 Å². The summed E-state index contributed by atoms with van der Waals surface area (Å²) in [7, 11) is 0. The normalized spacial score (nSPS) is 15.7. The summed E-state index contributed by atoms with van der Waals surface area (Å²) >= 11 is 1.80. The standard InChI is InChI=1S/C30H36N4O4S/c1-2-13-31-30(36)38-22-34-27-21-24(10-8-23(27)9-11-29(34)35)37-19-4-3-14-32-15-17-33(18-16-32)26-6-5-7-28-25(26)12-20-39-28/h2,5-8,10,12,20-21H,1,3-4,9,11,13-19,22H2,(H,31,36). The van der Waals surface area contributed by atoms with E-state index >= 15 is 0 Å². The van der Waals surface area contributed by atoms with Crippen LogP contribution in [0.4, 0.5) is 16.2 Å². The first-order valence-electron chi connectivity index (χ1n) is 13.6. The van der Waals surface area contributed by atoms with Crippen LogP contribution in [-0.2, 0) is 16.0 Å². The zero-order valence-electron chi connectivity index (χ0n) is 22.3. The Kier molecular flexibility index (Phi) is 9.00. The molecule has 0 spiro atoms. The van der Waals surface area contributed by atoms with Crippen LogP contribution in [0.5, 0.6) is 5.75 Å². The minimum absolute atomic E-state index is 0.0664. The van der Waals surface area contributed by atoms with E-state index in [4.69, 9.17) is 9.47 Å². The zero-order valence-corrected chi connectivity index (χ0v) is 23.1. The number of unbranched alkanes of at least 4 members (excludes halogenated alkanes) is 1. The van der Waals surface area contributed by atoms with Gasteiger partial charge in [0.1, 0.15) is 5.75 Å². The number of carbonyl (C=O) groups is 2. The summed E-state index contributed by atoms with van der Waals surface area (Å²) in [5.41, 5.74) is 3.15. The van der Waals surface area contributed by atoms with Crippen molar-refractivity contribution in [1.29, 1.82) is 0 Å². The Morgan fingerprint density at radius 1 is 1.05 bits per heavy atom. The lowest BCUT2D eigenvalue weighted by atomic mass is 10.0. The molecule has 3 aromatic rings. The van der Waals surface area contributed by atoms with Gasteiger partial charge in [-0.1, -0.05) is 18.2 Å². The number of benzene rings is 2. The van der Waals surface area contributed by atoms with E-state index in [2.05, 4.69) is 51.3 Å². The number of carbonyl (C=O) groups excluding carboxylic acids is 2. The van der Waals surface area contributed by atoms with E-state index in [0.29, 0.717) is 26.0 Å². The minimum atomic E-state index is -0.580. The molecule has 5 rings (SSSR count). The van der Waals surface area contributed by atoms with Gasteiger partial charge in [0.2, 0.25) is 5.91 Å². The number of nitrogens with zero attached hydrogens (tertiary/aromatic N) is 3. The first-order chi connectivity index (χ1) is 19.1. The zero-order chi connectivity index (χ0) is 27.0. The molecule has 2 aromatic carbocycles. The van der Waals surface area contributed by atoms with Crippen molar-refractivity contribution in [1.82, 2.24) is 10.2 Å². The number of anilines is 2. The number of hydrogen-bond acceptors (Lipinski definition) is 7. The third-order valence-electron chi connectivity index (χ3n) is 7.30. The average Bonchev–Trinajstić information content (AvgIpc) is 3.45. The monoisotopic (exact) mass is 548 g/mol. The molecule has 0 radical (unpaired) electrons. The van der Waals surface area contributed by atoms with Gasteiger partial charge in [-0.2, -0.15) is 0 Å². The van der Waals surface area contributed by atoms with Crippen LogP contribution in [0.2, 0.25) is 0 Å². The molecule has 8 nitrogen and oxygen atoms in total. The van der Waals surface area contributed by atoms with Crippen LogP contribution >= 0.6 is 11.3 Å². The lowest BCUT2D eigenvalue weighted by molar-refractivity contribution is -0.119. The quantitative estimate of drug-likeness (QED) is 0.268. The van der Waals surface area contributed by atoms with Gasteiger partial charge < -0.3 is 19.7 Å². The SMILES string of the molecule is C=CCNC(=O)OCN1C(=O)CCc2ccc(OCCCCN3CCN(c4cccc5sccc45)CC3)cc21. The largest absolute Gasteiger partial charge is 0.494 e. The third-order valence-corrected chi connectivity index (χ3v) is 8.18. The van der Waals surface area contributed by atoms with Gasteiger partial charge in [-0.15, -0.1) is 17.9 Å². The van der Waals surface area contributed by atoms with Crippen molar-refractivity contribution in [3.63, 3.8) is 0 Å². The maximum atomic E-state index is 12.5. The summed E-state index contributed by atoms with van der Waals surface area (Å²) in [5.74, 6) is 0.657. The summed E-state index contributed by atoms with van der Waals surface area (Å²) in [4.78, 5) is 30.9. The first kappa shape index (κ1) is 27.0. The molecule has 0 atom stereocenters. The molecule has 2 aliphatic rings. The highest BCUT2D eigenvalue weighted by Crippen LogP contribution is 2.32. The molecule has 1 aromatic heterocycles. The smallest absolute Gasteiger partial charge is 0.409 e. The molecule has 39 heavy (non-hydrogen) atoms. The van der Waals surface area contributed by atoms with Gasteiger partial charge in [0.25, 0.3) is 0 Å². The summed E-state index contributed by atoms with van der Waals surface area (Å²) in [6.07, 6.45) is 4.08. The Bertz CT molecular complexity index is 1300. The molecule has 206 valence electrons. The molecule has 0 saturated carbocycles. The molecule has 1 saturated heterocycles. The highest BCUT2D eigenvalue weighted by molar-refractivity contribution is 7.17. The highest BCUT2D eigenvalue weighted by atomic mass is 32.1. The second kappa shape index (κ2) is 13.0. The molecule has 2 amide bonds. The number of piperazine rings is 1. The first-order valence-corrected chi connectivity index (χ1v) is 14.5. The second-order valence-corrected chi connectivity index (χ2v) is 10.8. The molecule has 0 unspecified atom stereocenters. The van der Waals surface area contributed by atoms with Crippen LogP contribution in [0.15, 0.2) is 60.5 Å². The van der Waals surface area contributed by atoms with Crippen molar-refractivity contribution in [3.8, 4) is 5.75 Å². The molecule has 1 fully saturated rings. The second-order valence-electron chi connectivity index (χ2n) is 9.84. The Morgan fingerprint density at radius 2 is 1.92 bits per heavy atom. The van der Waals surface area contributed by atoms with Crippen molar-refractivity contribution >= 4 is 44.8 Å². The number of amides is 2. The third kappa shape index (κ3) is 6.72. The molecular weight excluding hydrogens is 512 g/mol. The topological polar surface area (TPSA) is 74.3 Å². The number of nitrogens with one attached hydrogen (secondary N) is 1. The predicted octanol–water partition coefficient (Wildman–Crippen LogP) is 5.03. The fourth-order valence-electron chi connectivity index (χ4n) is 5.17. The van der Waals surface area contributed by atoms with E-state index in [1.165, 1.54) is 20.7 Å². The average molecular weight is 549 g/mol. The Labute approximate surface area is 233 Å². The van der Waals surface area contributed by atoms with Gasteiger partial charge in [0.05, 0.1) is 12.3 Å². The highest BCUT2D eigenvalue weighted by Gasteiger charge is 2.26. The molecular formula is C30H36N4O4S. The van der Waals surface area contributed by atoms with Gasteiger partial charge >= 0.3 is 6.09 Å². The van der Waals surface area contributed by atoms with E-state index in [9.17, 15) is 9.59 Å². The molecule has 9 heteroatoms. The summed E-state index contributed by atoms with van der Waals surface area (Å²) < 4.78 is 12.6. The molecule has 2 aliphatic heterocycles. The van der Waals surface area contributed by atoms with E-state index in [-0.39, 0.29) is 12.6 Å². The van der Waals surface area contributed by atoms with E-state index < -0.39 is 6.09 Å². The summed E-state index contributed by atoms with van der Waals surface area (Å²) in [5, 5.41) is 6.09. The number of alkyl carbamates (subject to hydrolysis) is 1. The fraction of sp³-hybridized carbons (Fsp3) is 0.400.